The van der Waals surface area contributed by atoms with Gasteiger partial charge in [0, 0.05) is 12.7 Å². The van der Waals surface area contributed by atoms with Gasteiger partial charge in [-0.05, 0) is 42.8 Å². The number of benzene rings is 1. The number of alkyl halides is 3. The van der Waals surface area contributed by atoms with Crippen LogP contribution in [-0.2, 0) is 12.7 Å². The lowest BCUT2D eigenvalue weighted by molar-refractivity contribution is -0.141. The van der Waals surface area contributed by atoms with Crippen molar-refractivity contribution in [2.45, 2.75) is 26.1 Å². The van der Waals surface area contributed by atoms with Gasteiger partial charge in [0.15, 0.2) is 5.69 Å². The highest BCUT2D eigenvalue weighted by Crippen LogP contribution is 2.28. The van der Waals surface area contributed by atoms with Crippen molar-refractivity contribution in [3.63, 3.8) is 0 Å². The first kappa shape index (κ1) is 15.5. The SMILES string of the molecule is CCCNCc1cc(F)ccc1-n1ccc(C(F)(F)F)n1. The first-order valence-corrected chi connectivity index (χ1v) is 6.54. The van der Waals surface area contributed by atoms with E-state index in [1.54, 1.807) is 0 Å². The highest BCUT2D eigenvalue weighted by Gasteiger charge is 2.33. The second-order valence-electron chi connectivity index (χ2n) is 4.59. The molecule has 0 aliphatic heterocycles. The Kier molecular flexibility index (Phi) is 4.62. The zero-order valence-electron chi connectivity index (χ0n) is 11.4. The van der Waals surface area contributed by atoms with E-state index < -0.39 is 17.7 Å². The van der Waals surface area contributed by atoms with E-state index in [1.165, 1.54) is 24.4 Å². The van der Waals surface area contributed by atoms with E-state index >= 15 is 0 Å². The van der Waals surface area contributed by atoms with Crippen LogP contribution in [0, 0.1) is 5.82 Å². The first-order chi connectivity index (χ1) is 9.91. The van der Waals surface area contributed by atoms with Crippen molar-refractivity contribution in [1.82, 2.24) is 15.1 Å². The fraction of sp³-hybridized carbons (Fsp3) is 0.357. The molecule has 0 fully saturated rings. The molecule has 1 heterocycles. The monoisotopic (exact) mass is 301 g/mol. The molecular formula is C14H15F4N3. The van der Waals surface area contributed by atoms with Crippen LogP contribution in [0.2, 0.25) is 0 Å². The van der Waals surface area contributed by atoms with E-state index in [0.29, 0.717) is 17.8 Å². The standard InChI is InChI=1S/C14H15F4N3/c1-2-6-19-9-10-8-11(15)3-4-12(10)21-7-5-13(20-21)14(16,17)18/h3-5,7-8,19H,2,6,9H2,1H3. The molecule has 3 nitrogen and oxygen atoms in total. The van der Waals surface area contributed by atoms with Crippen molar-refractivity contribution in [3.8, 4) is 5.69 Å². The first-order valence-electron chi connectivity index (χ1n) is 6.54. The molecule has 21 heavy (non-hydrogen) atoms. The fourth-order valence-corrected chi connectivity index (χ4v) is 1.93. The summed E-state index contributed by atoms with van der Waals surface area (Å²) in [5, 5.41) is 6.61. The zero-order chi connectivity index (χ0) is 15.5. The number of aromatic nitrogens is 2. The van der Waals surface area contributed by atoms with E-state index in [0.717, 1.165) is 23.7 Å². The van der Waals surface area contributed by atoms with Crippen molar-refractivity contribution >= 4 is 0 Å². The third-order valence-electron chi connectivity index (χ3n) is 2.91. The van der Waals surface area contributed by atoms with Gasteiger partial charge in [-0.15, -0.1) is 0 Å². The highest BCUT2D eigenvalue weighted by molar-refractivity contribution is 5.41. The number of hydrogen-bond acceptors (Lipinski definition) is 2. The van der Waals surface area contributed by atoms with Gasteiger partial charge in [0.2, 0.25) is 0 Å². The molecule has 2 rings (SSSR count). The van der Waals surface area contributed by atoms with Crippen LogP contribution in [0.4, 0.5) is 17.6 Å². The van der Waals surface area contributed by atoms with Crippen molar-refractivity contribution in [2.75, 3.05) is 6.54 Å². The third kappa shape index (κ3) is 3.81. The van der Waals surface area contributed by atoms with Gasteiger partial charge < -0.3 is 5.32 Å². The van der Waals surface area contributed by atoms with Gasteiger partial charge in [-0.3, -0.25) is 0 Å². The molecule has 1 aromatic heterocycles. The molecule has 0 bridgehead atoms. The Morgan fingerprint density at radius 3 is 2.62 bits per heavy atom. The number of nitrogens with zero attached hydrogens (tertiary/aromatic N) is 2. The van der Waals surface area contributed by atoms with Gasteiger partial charge in [-0.1, -0.05) is 6.92 Å². The van der Waals surface area contributed by atoms with Crippen LogP contribution in [0.1, 0.15) is 24.6 Å². The lowest BCUT2D eigenvalue weighted by atomic mass is 10.1. The second kappa shape index (κ2) is 6.26. The molecule has 0 atom stereocenters. The normalized spacial score (nSPS) is 11.9. The van der Waals surface area contributed by atoms with Gasteiger partial charge >= 0.3 is 6.18 Å². The molecule has 114 valence electrons. The molecule has 1 N–H and O–H groups in total. The fourth-order valence-electron chi connectivity index (χ4n) is 1.93. The van der Waals surface area contributed by atoms with E-state index in [4.69, 9.17) is 0 Å². The van der Waals surface area contributed by atoms with Crippen LogP contribution in [0.25, 0.3) is 5.69 Å². The largest absolute Gasteiger partial charge is 0.435 e. The Morgan fingerprint density at radius 1 is 1.24 bits per heavy atom. The quantitative estimate of drug-likeness (QED) is 0.676. The average molecular weight is 301 g/mol. The molecule has 0 amide bonds. The van der Waals surface area contributed by atoms with E-state index in [9.17, 15) is 17.6 Å². The smallest absolute Gasteiger partial charge is 0.313 e. The summed E-state index contributed by atoms with van der Waals surface area (Å²) >= 11 is 0. The Balaban J connectivity index is 2.32. The van der Waals surface area contributed by atoms with Crippen LogP contribution in [0.5, 0.6) is 0 Å². The second-order valence-corrected chi connectivity index (χ2v) is 4.59. The summed E-state index contributed by atoms with van der Waals surface area (Å²) in [7, 11) is 0. The van der Waals surface area contributed by atoms with Crippen LogP contribution in [0.15, 0.2) is 30.5 Å². The van der Waals surface area contributed by atoms with Crippen molar-refractivity contribution in [1.29, 1.82) is 0 Å². The molecule has 2 aromatic rings. The molecule has 1 aromatic carbocycles. The Hall–Kier alpha value is -1.89. The predicted molar refractivity (Wildman–Crippen MR) is 70.5 cm³/mol. The highest BCUT2D eigenvalue weighted by atomic mass is 19.4. The number of nitrogens with one attached hydrogen (secondary N) is 1. The topological polar surface area (TPSA) is 29.9 Å². The van der Waals surface area contributed by atoms with Crippen LogP contribution < -0.4 is 5.32 Å². The van der Waals surface area contributed by atoms with Crippen LogP contribution >= 0.6 is 0 Å². The minimum Gasteiger partial charge on any atom is -0.313 e. The minimum atomic E-state index is -4.49. The molecule has 7 heteroatoms. The van der Waals surface area contributed by atoms with Crippen LogP contribution in [-0.4, -0.2) is 16.3 Å². The van der Waals surface area contributed by atoms with Gasteiger partial charge in [-0.25, -0.2) is 9.07 Å². The minimum absolute atomic E-state index is 0.363. The molecular weight excluding hydrogens is 286 g/mol. The van der Waals surface area contributed by atoms with Crippen LogP contribution in [0.3, 0.4) is 0 Å². The van der Waals surface area contributed by atoms with Gasteiger partial charge in [-0.2, -0.15) is 18.3 Å². The lowest BCUT2D eigenvalue weighted by Crippen LogP contribution is -2.16. The average Bonchev–Trinajstić information content (AvgIpc) is 2.88. The summed E-state index contributed by atoms with van der Waals surface area (Å²) in [6.07, 6.45) is -2.37. The summed E-state index contributed by atoms with van der Waals surface area (Å²) in [4.78, 5) is 0. The molecule has 0 spiro atoms. The van der Waals surface area contributed by atoms with E-state index in [2.05, 4.69) is 10.4 Å². The van der Waals surface area contributed by atoms with Gasteiger partial charge in [0.05, 0.1) is 5.69 Å². The van der Waals surface area contributed by atoms with Gasteiger partial charge in [0.1, 0.15) is 5.82 Å². The Labute approximate surface area is 119 Å². The summed E-state index contributed by atoms with van der Waals surface area (Å²) in [5.41, 5.74) is 0.00932. The summed E-state index contributed by atoms with van der Waals surface area (Å²) in [6.45, 7) is 3.09. The summed E-state index contributed by atoms with van der Waals surface area (Å²) in [6, 6.07) is 4.82. The van der Waals surface area contributed by atoms with Gasteiger partial charge in [0.25, 0.3) is 0 Å². The summed E-state index contributed by atoms with van der Waals surface area (Å²) < 4.78 is 52.2. The maximum atomic E-state index is 13.3. The maximum absolute atomic E-state index is 13.3. The Morgan fingerprint density at radius 2 is 2.00 bits per heavy atom. The maximum Gasteiger partial charge on any atom is 0.435 e. The molecule has 0 aliphatic rings. The zero-order valence-corrected chi connectivity index (χ0v) is 11.4. The number of halogens is 4. The molecule has 0 saturated heterocycles. The molecule has 0 radical (unpaired) electrons. The Bertz CT molecular complexity index is 605. The number of rotatable bonds is 5. The summed E-state index contributed by atoms with van der Waals surface area (Å²) in [5.74, 6) is -0.435. The molecule has 0 aliphatic carbocycles. The van der Waals surface area contributed by atoms with E-state index in [-0.39, 0.29) is 0 Å². The molecule has 0 saturated carbocycles. The van der Waals surface area contributed by atoms with Crippen molar-refractivity contribution in [3.05, 3.63) is 47.5 Å². The van der Waals surface area contributed by atoms with E-state index in [1.807, 2.05) is 6.92 Å². The van der Waals surface area contributed by atoms with Crippen molar-refractivity contribution < 1.29 is 17.6 Å². The van der Waals surface area contributed by atoms with Crippen molar-refractivity contribution in [2.24, 2.45) is 0 Å². The third-order valence-corrected chi connectivity index (χ3v) is 2.91. The predicted octanol–water partition coefficient (Wildman–Crippen LogP) is 3.53. The number of hydrogen-bond donors (Lipinski definition) is 1. The lowest BCUT2D eigenvalue weighted by Gasteiger charge is -2.11. The molecule has 0 unspecified atom stereocenters.